The number of rotatable bonds is 6. The standard InChI is InChI=1S/C19H25N3O4S/c1-13-16(20-19(26-13)14-6-9-27-12-14)10-17(23)22-7-3-4-15(5-8-22)21(2)11-18(24)25/h6,9,12,15H,3-5,7-8,10-11H2,1-2H3,(H,24,25). The number of carboxylic acids is 1. The lowest BCUT2D eigenvalue weighted by Gasteiger charge is -2.25. The van der Waals surface area contributed by atoms with E-state index in [1.807, 2.05) is 40.6 Å². The Morgan fingerprint density at radius 1 is 1.41 bits per heavy atom. The molecule has 1 saturated heterocycles. The van der Waals surface area contributed by atoms with Crippen LogP contribution in [0.15, 0.2) is 21.2 Å². The molecule has 1 fully saturated rings. The van der Waals surface area contributed by atoms with E-state index in [0.29, 0.717) is 30.4 Å². The lowest BCUT2D eigenvalue weighted by molar-refractivity contribution is -0.138. The molecule has 27 heavy (non-hydrogen) atoms. The third kappa shape index (κ3) is 4.95. The minimum Gasteiger partial charge on any atom is -0.480 e. The monoisotopic (exact) mass is 391 g/mol. The number of carbonyl (C=O) groups excluding carboxylic acids is 1. The third-order valence-electron chi connectivity index (χ3n) is 5.04. The molecular formula is C19H25N3O4S. The number of hydrogen-bond acceptors (Lipinski definition) is 6. The lowest BCUT2D eigenvalue weighted by Crippen LogP contribution is -2.37. The Balaban J connectivity index is 1.59. The van der Waals surface area contributed by atoms with Crippen molar-refractivity contribution in [2.75, 3.05) is 26.7 Å². The van der Waals surface area contributed by atoms with Crippen LogP contribution in [-0.4, -0.2) is 64.5 Å². The van der Waals surface area contributed by atoms with Crippen molar-refractivity contribution in [1.82, 2.24) is 14.8 Å². The summed E-state index contributed by atoms with van der Waals surface area (Å²) in [5, 5.41) is 12.9. The smallest absolute Gasteiger partial charge is 0.317 e. The van der Waals surface area contributed by atoms with Gasteiger partial charge in [0.2, 0.25) is 11.8 Å². The van der Waals surface area contributed by atoms with E-state index in [2.05, 4.69) is 4.98 Å². The van der Waals surface area contributed by atoms with Gasteiger partial charge in [0.25, 0.3) is 0 Å². The number of carboxylic acid groups (broad SMARTS) is 1. The molecule has 1 atom stereocenters. The van der Waals surface area contributed by atoms with Gasteiger partial charge in [0, 0.05) is 30.1 Å². The van der Waals surface area contributed by atoms with Crippen LogP contribution >= 0.6 is 11.3 Å². The average Bonchev–Trinajstić information content (AvgIpc) is 3.18. The zero-order valence-electron chi connectivity index (χ0n) is 15.7. The predicted octanol–water partition coefficient (Wildman–Crippen LogP) is 2.65. The van der Waals surface area contributed by atoms with Gasteiger partial charge in [-0.15, -0.1) is 0 Å². The first kappa shape index (κ1) is 19.6. The number of likely N-dealkylation sites (N-methyl/N-ethyl adjacent to an activating group) is 1. The predicted molar refractivity (Wildman–Crippen MR) is 103 cm³/mol. The van der Waals surface area contributed by atoms with Gasteiger partial charge in [-0.3, -0.25) is 14.5 Å². The van der Waals surface area contributed by atoms with Crippen LogP contribution in [-0.2, 0) is 16.0 Å². The first-order valence-electron chi connectivity index (χ1n) is 9.12. The summed E-state index contributed by atoms with van der Waals surface area (Å²) in [7, 11) is 1.83. The molecule has 0 spiro atoms. The van der Waals surface area contributed by atoms with Crippen LogP contribution in [0.4, 0.5) is 0 Å². The molecule has 8 heteroatoms. The Labute approximate surface area is 162 Å². The molecule has 2 aromatic rings. The molecule has 1 unspecified atom stereocenters. The van der Waals surface area contributed by atoms with Gasteiger partial charge in [0.15, 0.2) is 0 Å². The van der Waals surface area contributed by atoms with E-state index < -0.39 is 5.97 Å². The van der Waals surface area contributed by atoms with Gasteiger partial charge in [-0.25, -0.2) is 4.98 Å². The fourth-order valence-electron chi connectivity index (χ4n) is 3.47. The Morgan fingerprint density at radius 3 is 2.93 bits per heavy atom. The van der Waals surface area contributed by atoms with Crippen LogP contribution < -0.4 is 0 Å². The van der Waals surface area contributed by atoms with Gasteiger partial charge in [-0.1, -0.05) is 0 Å². The first-order valence-corrected chi connectivity index (χ1v) is 10.1. The van der Waals surface area contributed by atoms with Gasteiger partial charge >= 0.3 is 5.97 Å². The molecule has 0 saturated carbocycles. The fraction of sp³-hybridized carbons (Fsp3) is 0.526. The van der Waals surface area contributed by atoms with Crippen molar-refractivity contribution in [3.63, 3.8) is 0 Å². The molecule has 0 aliphatic carbocycles. The number of carbonyl (C=O) groups is 2. The van der Waals surface area contributed by atoms with Crippen LogP contribution in [0.2, 0.25) is 0 Å². The Morgan fingerprint density at radius 2 is 2.22 bits per heavy atom. The van der Waals surface area contributed by atoms with Gasteiger partial charge in [-0.2, -0.15) is 11.3 Å². The topological polar surface area (TPSA) is 86.9 Å². The summed E-state index contributed by atoms with van der Waals surface area (Å²) in [6.07, 6.45) is 2.79. The zero-order valence-corrected chi connectivity index (χ0v) is 16.5. The molecule has 1 amide bonds. The molecule has 0 aromatic carbocycles. The van der Waals surface area contributed by atoms with Gasteiger partial charge < -0.3 is 14.4 Å². The molecular weight excluding hydrogens is 366 g/mol. The number of aryl methyl sites for hydroxylation is 1. The van der Waals surface area contributed by atoms with Crippen molar-refractivity contribution < 1.29 is 19.1 Å². The highest BCUT2D eigenvalue weighted by molar-refractivity contribution is 7.08. The molecule has 0 radical (unpaired) electrons. The van der Waals surface area contributed by atoms with E-state index in [1.165, 1.54) is 0 Å². The normalized spacial score (nSPS) is 17.9. The second kappa shape index (κ2) is 8.67. The highest BCUT2D eigenvalue weighted by Crippen LogP contribution is 2.24. The van der Waals surface area contributed by atoms with Crippen LogP contribution in [0, 0.1) is 6.92 Å². The number of oxazole rings is 1. The largest absolute Gasteiger partial charge is 0.480 e. The second-order valence-corrected chi connectivity index (χ2v) is 7.77. The third-order valence-corrected chi connectivity index (χ3v) is 5.72. The quantitative estimate of drug-likeness (QED) is 0.815. The number of thiophene rings is 1. The average molecular weight is 391 g/mol. The maximum atomic E-state index is 12.8. The Hall–Kier alpha value is -2.19. The molecule has 2 aromatic heterocycles. The summed E-state index contributed by atoms with van der Waals surface area (Å²) in [6, 6.07) is 2.14. The van der Waals surface area contributed by atoms with E-state index in [-0.39, 0.29) is 24.9 Å². The SMILES string of the molecule is Cc1oc(-c2ccsc2)nc1CC(=O)N1CCCC(N(C)CC(=O)O)CC1. The summed E-state index contributed by atoms with van der Waals surface area (Å²) >= 11 is 1.58. The number of hydrogen-bond donors (Lipinski definition) is 1. The van der Waals surface area contributed by atoms with Crippen LogP contribution in [0.5, 0.6) is 0 Å². The van der Waals surface area contributed by atoms with E-state index in [1.54, 1.807) is 11.3 Å². The van der Waals surface area contributed by atoms with E-state index >= 15 is 0 Å². The number of likely N-dealkylation sites (tertiary alicyclic amines) is 1. The molecule has 1 N–H and O–H groups in total. The van der Waals surface area contributed by atoms with E-state index in [0.717, 1.165) is 24.8 Å². The van der Waals surface area contributed by atoms with Crippen molar-refractivity contribution in [2.24, 2.45) is 0 Å². The van der Waals surface area contributed by atoms with Gasteiger partial charge in [-0.05, 0) is 44.7 Å². The summed E-state index contributed by atoms with van der Waals surface area (Å²) in [6.45, 7) is 3.21. The summed E-state index contributed by atoms with van der Waals surface area (Å²) < 4.78 is 5.72. The van der Waals surface area contributed by atoms with Gasteiger partial charge in [0.1, 0.15) is 5.76 Å². The number of nitrogens with zero attached hydrogens (tertiary/aromatic N) is 3. The zero-order chi connectivity index (χ0) is 19.4. The lowest BCUT2D eigenvalue weighted by atomic mass is 10.1. The van der Waals surface area contributed by atoms with Crippen molar-refractivity contribution >= 4 is 23.2 Å². The van der Waals surface area contributed by atoms with Crippen molar-refractivity contribution in [2.45, 2.75) is 38.6 Å². The number of aliphatic carboxylic acids is 1. The Bertz CT molecular complexity index is 787. The maximum absolute atomic E-state index is 12.8. The summed E-state index contributed by atoms with van der Waals surface area (Å²) in [5.74, 6) is 0.462. The minimum atomic E-state index is -0.822. The molecule has 7 nitrogen and oxygen atoms in total. The van der Waals surface area contributed by atoms with Crippen LogP contribution in [0.25, 0.3) is 11.5 Å². The second-order valence-electron chi connectivity index (χ2n) is 6.99. The summed E-state index contributed by atoms with van der Waals surface area (Å²) in [4.78, 5) is 31.9. The fourth-order valence-corrected chi connectivity index (χ4v) is 4.10. The Kier molecular flexibility index (Phi) is 6.28. The van der Waals surface area contributed by atoms with Crippen molar-refractivity contribution in [3.05, 3.63) is 28.3 Å². The van der Waals surface area contributed by atoms with Crippen molar-refractivity contribution in [3.8, 4) is 11.5 Å². The molecule has 3 heterocycles. The number of aromatic nitrogens is 1. The number of amides is 1. The summed E-state index contributed by atoms with van der Waals surface area (Å²) in [5.41, 5.74) is 1.62. The highest BCUT2D eigenvalue weighted by atomic mass is 32.1. The first-order chi connectivity index (χ1) is 12.9. The van der Waals surface area contributed by atoms with Crippen molar-refractivity contribution in [1.29, 1.82) is 0 Å². The minimum absolute atomic E-state index is 0.0299. The maximum Gasteiger partial charge on any atom is 0.317 e. The van der Waals surface area contributed by atoms with Gasteiger partial charge in [0.05, 0.1) is 18.7 Å². The van der Waals surface area contributed by atoms with E-state index in [9.17, 15) is 9.59 Å². The van der Waals surface area contributed by atoms with Crippen LogP contribution in [0.3, 0.4) is 0 Å². The molecule has 1 aliphatic rings. The molecule has 3 rings (SSSR count). The molecule has 146 valence electrons. The van der Waals surface area contributed by atoms with E-state index in [4.69, 9.17) is 9.52 Å². The molecule has 0 bridgehead atoms. The van der Waals surface area contributed by atoms with Crippen LogP contribution in [0.1, 0.15) is 30.7 Å². The highest BCUT2D eigenvalue weighted by Gasteiger charge is 2.25. The molecule has 1 aliphatic heterocycles.